The Bertz CT molecular complexity index is 1040. The summed E-state index contributed by atoms with van der Waals surface area (Å²) in [6.07, 6.45) is 5.59. The number of thioether (sulfide) groups is 1. The summed E-state index contributed by atoms with van der Waals surface area (Å²) in [6, 6.07) is 11.2. The van der Waals surface area contributed by atoms with E-state index in [-0.39, 0.29) is 12.5 Å². The maximum absolute atomic E-state index is 15.4. The summed E-state index contributed by atoms with van der Waals surface area (Å²) in [5.74, 6) is 2.24. The molecule has 0 bridgehead atoms. The van der Waals surface area contributed by atoms with Crippen molar-refractivity contribution in [1.29, 1.82) is 0 Å². The summed E-state index contributed by atoms with van der Waals surface area (Å²) in [5, 5.41) is 19.8. The van der Waals surface area contributed by atoms with Crippen LogP contribution in [0.25, 0.3) is 10.9 Å². The number of piperidine rings is 1. The van der Waals surface area contributed by atoms with Crippen LogP contribution in [0.4, 0.5) is 4.39 Å². The first-order valence-corrected chi connectivity index (χ1v) is 13.0. The molecular formula is C26H33FN4O2S. The van der Waals surface area contributed by atoms with E-state index < -0.39 is 6.17 Å². The van der Waals surface area contributed by atoms with Crippen LogP contribution >= 0.6 is 11.8 Å². The number of nitrogens with zero attached hydrogens (tertiary/aromatic N) is 4. The highest BCUT2D eigenvalue weighted by atomic mass is 32.2. The molecule has 1 fully saturated rings. The van der Waals surface area contributed by atoms with Crippen LogP contribution in [0.5, 0.6) is 5.75 Å². The number of ether oxygens (including phenoxy) is 1. The zero-order chi connectivity index (χ0) is 23.8. The minimum absolute atomic E-state index is 0.155. The van der Waals surface area contributed by atoms with Gasteiger partial charge in [-0.05, 0) is 92.6 Å². The molecule has 4 rings (SSSR count). The smallest absolute Gasteiger partial charge is 0.126 e. The topological polar surface area (TPSA) is 71.4 Å². The van der Waals surface area contributed by atoms with Crippen molar-refractivity contribution in [2.75, 3.05) is 39.1 Å². The molecule has 1 aliphatic rings. The molecule has 8 heteroatoms. The Morgan fingerprint density at radius 2 is 2.15 bits per heavy atom. The lowest BCUT2D eigenvalue weighted by atomic mass is 9.81. The number of pyridine rings is 1. The minimum Gasteiger partial charge on any atom is -0.497 e. The molecule has 1 saturated heterocycles. The lowest BCUT2D eigenvalue weighted by Crippen LogP contribution is -2.42. The molecule has 1 N–H and O–H groups in total. The van der Waals surface area contributed by atoms with Gasteiger partial charge in [-0.15, -0.1) is 16.9 Å². The third kappa shape index (κ3) is 6.43. The minimum atomic E-state index is -1.06. The molecule has 0 radical (unpaired) electrons. The van der Waals surface area contributed by atoms with Gasteiger partial charge >= 0.3 is 0 Å². The van der Waals surface area contributed by atoms with Gasteiger partial charge in [-0.2, -0.15) is 5.10 Å². The quantitative estimate of drug-likeness (QED) is 0.305. The predicted octanol–water partition coefficient (Wildman–Crippen LogP) is 4.94. The molecule has 0 saturated carbocycles. The number of aliphatic hydroxyl groups excluding tert-OH is 1. The molecule has 34 heavy (non-hydrogen) atoms. The largest absolute Gasteiger partial charge is 0.497 e. The zero-order valence-electron chi connectivity index (χ0n) is 19.6. The van der Waals surface area contributed by atoms with Gasteiger partial charge in [-0.3, -0.25) is 4.98 Å². The van der Waals surface area contributed by atoms with Gasteiger partial charge in [0.05, 0.1) is 12.6 Å². The molecule has 3 heterocycles. The van der Waals surface area contributed by atoms with Crippen molar-refractivity contribution < 1.29 is 14.2 Å². The molecule has 0 aliphatic carbocycles. The zero-order valence-corrected chi connectivity index (χ0v) is 20.5. The van der Waals surface area contributed by atoms with Gasteiger partial charge in [-0.1, -0.05) is 0 Å². The predicted molar refractivity (Wildman–Crippen MR) is 134 cm³/mol. The number of benzene rings is 1. The number of rotatable bonds is 11. The molecule has 182 valence electrons. The molecule has 1 aliphatic heterocycles. The first kappa shape index (κ1) is 24.8. The van der Waals surface area contributed by atoms with Crippen molar-refractivity contribution in [1.82, 2.24) is 20.1 Å². The molecule has 3 aromatic rings. The number of aromatic nitrogens is 3. The van der Waals surface area contributed by atoms with Crippen LogP contribution < -0.4 is 4.74 Å². The van der Waals surface area contributed by atoms with Crippen LogP contribution in [0.1, 0.15) is 37.4 Å². The number of halogens is 1. The monoisotopic (exact) mass is 484 g/mol. The van der Waals surface area contributed by atoms with Crippen molar-refractivity contribution in [2.24, 2.45) is 11.8 Å². The highest BCUT2D eigenvalue weighted by Crippen LogP contribution is 2.35. The van der Waals surface area contributed by atoms with Crippen molar-refractivity contribution in [2.45, 2.75) is 36.9 Å². The average molecular weight is 485 g/mol. The van der Waals surface area contributed by atoms with Gasteiger partial charge in [0.25, 0.3) is 0 Å². The van der Waals surface area contributed by atoms with E-state index in [1.165, 1.54) is 0 Å². The first-order chi connectivity index (χ1) is 16.7. The number of hydrogen-bond acceptors (Lipinski definition) is 7. The maximum atomic E-state index is 15.4. The second kappa shape index (κ2) is 12.4. The molecule has 6 nitrogen and oxygen atoms in total. The van der Waals surface area contributed by atoms with Crippen LogP contribution in [-0.2, 0) is 0 Å². The molecular weight excluding hydrogens is 451 g/mol. The standard InChI is InChI=1S/C26H33FN4O2S/c1-33-21-6-8-25-23(16-21)22(9-12-28-25)24(27)7-5-19-10-14-31(17-20(19)18-32)13-3-15-34-26-4-2-11-29-30-26/h2,4,6,8-9,11-12,16,19-20,24,32H,3,5,7,10,13-15,17-18H2,1H3/t19-,20-,24+/m1/s1. The number of methoxy groups -OCH3 is 1. The molecule has 0 amide bonds. The fourth-order valence-corrected chi connectivity index (χ4v) is 5.60. The second-order valence-electron chi connectivity index (χ2n) is 8.88. The number of likely N-dealkylation sites (tertiary alicyclic amines) is 1. The Kier molecular flexibility index (Phi) is 9.07. The fraction of sp³-hybridized carbons (Fsp3) is 0.500. The van der Waals surface area contributed by atoms with Gasteiger partial charge in [0.1, 0.15) is 16.9 Å². The highest BCUT2D eigenvalue weighted by molar-refractivity contribution is 7.99. The van der Waals surface area contributed by atoms with E-state index in [0.29, 0.717) is 23.7 Å². The average Bonchev–Trinajstić information content (AvgIpc) is 2.89. The van der Waals surface area contributed by atoms with E-state index in [1.54, 1.807) is 37.3 Å². The van der Waals surface area contributed by atoms with Crippen LogP contribution in [0.3, 0.4) is 0 Å². The van der Waals surface area contributed by atoms with Gasteiger partial charge in [0, 0.05) is 36.7 Å². The van der Waals surface area contributed by atoms with Crippen molar-refractivity contribution in [3.63, 3.8) is 0 Å². The van der Waals surface area contributed by atoms with E-state index in [0.717, 1.165) is 60.6 Å². The summed E-state index contributed by atoms with van der Waals surface area (Å²) < 4.78 is 20.7. The Morgan fingerprint density at radius 3 is 2.94 bits per heavy atom. The summed E-state index contributed by atoms with van der Waals surface area (Å²) in [4.78, 5) is 6.80. The highest BCUT2D eigenvalue weighted by Gasteiger charge is 2.29. The van der Waals surface area contributed by atoms with Crippen molar-refractivity contribution in [3.05, 3.63) is 54.4 Å². The number of alkyl halides is 1. The fourth-order valence-electron chi connectivity index (χ4n) is 4.84. The number of aliphatic hydroxyl groups is 1. The van der Waals surface area contributed by atoms with Crippen molar-refractivity contribution >= 4 is 22.7 Å². The normalized spacial score (nSPS) is 19.9. The Balaban J connectivity index is 1.26. The van der Waals surface area contributed by atoms with Crippen LogP contribution in [-0.4, -0.2) is 64.3 Å². The summed E-state index contributed by atoms with van der Waals surface area (Å²) >= 11 is 1.72. The Morgan fingerprint density at radius 1 is 1.24 bits per heavy atom. The Hall–Kier alpha value is -2.29. The maximum Gasteiger partial charge on any atom is 0.126 e. The SMILES string of the molecule is COc1ccc2nccc([C@@H](F)CC[C@@H]3CCN(CCCSc4cccnn4)C[C@@H]3CO)c2c1. The number of hydrogen-bond donors (Lipinski definition) is 1. The number of fused-ring (bicyclic) bond motifs is 1. The molecule has 0 unspecified atom stereocenters. The summed E-state index contributed by atoms with van der Waals surface area (Å²) in [7, 11) is 1.61. The Labute approximate surface area is 204 Å². The third-order valence-corrected chi connectivity index (χ3v) is 7.74. The van der Waals surface area contributed by atoms with Gasteiger partial charge < -0.3 is 14.7 Å². The lowest BCUT2D eigenvalue weighted by molar-refractivity contribution is 0.0640. The molecule has 0 spiro atoms. The van der Waals surface area contributed by atoms with Gasteiger partial charge in [-0.25, -0.2) is 4.39 Å². The molecule has 1 aromatic carbocycles. The lowest BCUT2D eigenvalue weighted by Gasteiger charge is -2.38. The van der Waals surface area contributed by atoms with E-state index in [4.69, 9.17) is 4.74 Å². The van der Waals surface area contributed by atoms with E-state index >= 15 is 4.39 Å². The van der Waals surface area contributed by atoms with Crippen LogP contribution in [0.15, 0.2) is 53.8 Å². The second-order valence-corrected chi connectivity index (χ2v) is 10.00. The van der Waals surface area contributed by atoms with Crippen LogP contribution in [0.2, 0.25) is 0 Å². The van der Waals surface area contributed by atoms with E-state index in [1.807, 2.05) is 30.3 Å². The molecule has 2 aromatic heterocycles. The van der Waals surface area contributed by atoms with E-state index in [2.05, 4.69) is 20.1 Å². The first-order valence-electron chi connectivity index (χ1n) is 12.0. The summed E-state index contributed by atoms with van der Waals surface area (Å²) in [6.45, 7) is 3.04. The van der Waals surface area contributed by atoms with Crippen LogP contribution in [0, 0.1) is 11.8 Å². The van der Waals surface area contributed by atoms with Gasteiger partial charge in [0.15, 0.2) is 0 Å². The summed E-state index contributed by atoms with van der Waals surface area (Å²) in [5.41, 5.74) is 1.45. The third-order valence-electron chi connectivity index (χ3n) is 6.74. The van der Waals surface area contributed by atoms with E-state index in [9.17, 15) is 5.11 Å². The van der Waals surface area contributed by atoms with Crippen molar-refractivity contribution in [3.8, 4) is 5.75 Å². The van der Waals surface area contributed by atoms with Gasteiger partial charge in [0.2, 0.25) is 0 Å². The molecule has 3 atom stereocenters.